The van der Waals surface area contributed by atoms with Crippen LogP contribution in [0.4, 0.5) is 15.3 Å². The molecule has 0 atom stereocenters. The van der Waals surface area contributed by atoms with Crippen LogP contribution in [0.2, 0.25) is 0 Å². The number of amides is 2. The molecule has 4 rings (SSSR count). The van der Waals surface area contributed by atoms with Crippen molar-refractivity contribution in [2.75, 3.05) is 10.6 Å². The van der Waals surface area contributed by atoms with E-state index in [4.69, 9.17) is 5.11 Å². The van der Waals surface area contributed by atoms with E-state index < -0.39 is 21.0 Å². The maximum atomic E-state index is 13.1. The number of anilines is 2. The van der Waals surface area contributed by atoms with Gasteiger partial charge in [0.25, 0.3) is 11.8 Å². The van der Waals surface area contributed by atoms with E-state index in [9.17, 15) is 21.9 Å². The zero-order valence-electron chi connectivity index (χ0n) is 20.5. The normalized spacial score (nSPS) is 11.2. The average molecular weight is 534 g/mol. The van der Waals surface area contributed by atoms with Crippen molar-refractivity contribution in [3.63, 3.8) is 0 Å². The molecule has 0 spiro atoms. The van der Waals surface area contributed by atoms with Gasteiger partial charge in [0.2, 0.25) is 0 Å². The van der Waals surface area contributed by atoms with Crippen molar-refractivity contribution < 1.29 is 27.0 Å². The Morgan fingerprint density at radius 3 is 1.84 bits per heavy atom. The molecule has 2 amide bonds. The van der Waals surface area contributed by atoms with Gasteiger partial charge in [-0.25, -0.2) is 0 Å². The lowest BCUT2D eigenvalue weighted by Crippen LogP contribution is -2.15. The summed E-state index contributed by atoms with van der Waals surface area (Å²) in [5.41, 5.74) is 5.38. The summed E-state index contributed by atoms with van der Waals surface area (Å²) in [6.07, 6.45) is 1.44. The van der Waals surface area contributed by atoms with Gasteiger partial charge < -0.3 is 15.7 Å². The SMILES string of the molecule is Cc1c(NC(=O)c2ccc(S(=O)(=O)F)cc2)cccc1-c1cccc(NC(=O)c2ccc(CO)cn2)c1C. The first-order chi connectivity index (χ1) is 18.1. The molecule has 38 heavy (non-hydrogen) atoms. The molecule has 194 valence electrons. The van der Waals surface area contributed by atoms with Gasteiger partial charge in [0.1, 0.15) is 5.69 Å². The Balaban J connectivity index is 1.58. The Bertz CT molecular complexity index is 1620. The molecule has 3 N–H and O–H groups in total. The molecule has 0 saturated carbocycles. The number of aliphatic hydroxyl groups is 1. The quantitative estimate of drug-likeness (QED) is 0.287. The number of carbonyl (C=O) groups excluding carboxylic acids is 2. The summed E-state index contributed by atoms with van der Waals surface area (Å²) in [5.74, 6) is -0.871. The zero-order chi connectivity index (χ0) is 27.4. The number of rotatable bonds is 7. The van der Waals surface area contributed by atoms with Crippen molar-refractivity contribution in [2.45, 2.75) is 25.3 Å². The third-order valence-corrected chi connectivity index (χ3v) is 6.93. The highest BCUT2D eigenvalue weighted by atomic mass is 32.3. The highest BCUT2D eigenvalue weighted by Gasteiger charge is 2.16. The summed E-state index contributed by atoms with van der Waals surface area (Å²) < 4.78 is 35.2. The molecule has 0 bridgehead atoms. The topological polar surface area (TPSA) is 125 Å². The van der Waals surface area contributed by atoms with E-state index in [0.29, 0.717) is 16.9 Å². The summed E-state index contributed by atoms with van der Waals surface area (Å²) in [4.78, 5) is 29.1. The first kappa shape index (κ1) is 26.6. The number of hydrogen-bond donors (Lipinski definition) is 3. The number of nitrogens with one attached hydrogen (secondary N) is 2. The smallest absolute Gasteiger partial charge is 0.332 e. The number of aliphatic hydroxyl groups excluding tert-OH is 1. The molecule has 4 aromatic rings. The highest BCUT2D eigenvalue weighted by Crippen LogP contribution is 2.34. The van der Waals surface area contributed by atoms with Gasteiger partial charge in [-0.3, -0.25) is 14.6 Å². The van der Waals surface area contributed by atoms with Crippen molar-refractivity contribution in [3.8, 4) is 11.1 Å². The zero-order valence-corrected chi connectivity index (χ0v) is 21.3. The van der Waals surface area contributed by atoms with Crippen molar-refractivity contribution >= 4 is 33.4 Å². The fourth-order valence-corrected chi connectivity index (χ4v) is 4.39. The molecule has 3 aromatic carbocycles. The summed E-state index contributed by atoms with van der Waals surface area (Å²) >= 11 is 0. The minimum absolute atomic E-state index is 0.162. The maximum Gasteiger partial charge on any atom is 0.332 e. The average Bonchev–Trinajstić information content (AvgIpc) is 2.91. The van der Waals surface area contributed by atoms with Crippen molar-refractivity contribution in [1.29, 1.82) is 0 Å². The lowest BCUT2D eigenvalue weighted by Gasteiger charge is -2.17. The number of aromatic nitrogens is 1. The number of hydrogen-bond acceptors (Lipinski definition) is 6. The first-order valence-corrected chi connectivity index (χ1v) is 12.9. The van der Waals surface area contributed by atoms with E-state index in [1.807, 2.05) is 32.0 Å². The molecule has 0 unspecified atom stereocenters. The largest absolute Gasteiger partial charge is 0.392 e. The number of pyridine rings is 1. The van der Waals surface area contributed by atoms with Gasteiger partial charge in [-0.05, 0) is 84.1 Å². The molecule has 0 fully saturated rings. The van der Waals surface area contributed by atoms with Crippen LogP contribution in [0.3, 0.4) is 0 Å². The molecule has 0 aliphatic heterocycles. The number of halogens is 1. The lowest BCUT2D eigenvalue weighted by molar-refractivity contribution is 0.101. The Hall–Kier alpha value is -4.41. The van der Waals surface area contributed by atoms with Crippen LogP contribution in [-0.4, -0.2) is 30.3 Å². The van der Waals surface area contributed by atoms with E-state index in [2.05, 4.69) is 15.6 Å². The maximum absolute atomic E-state index is 13.1. The third kappa shape index (κ3) is 5.77. The van der Waals surface area contributed by atoms with Crippen LogP contribution in [0.15, 0.2) is 83.9 Å². The molecule has 0 aliphatic rings. The fraction of sp³-hybridized carbons (Fsp3) is 0.107. The van der Waals surface area contributed by atoms with Gasteiger partial charge in [-0.1, -0.05) is 30.3 Å². The summed E-state index contributed by atoms with van der Waals surface area (Å²) in [6.45, 7) is 3.56. The van der Waals surface area contributed by atoms with Gasteiger partial charge in [-0.15, -0.1) is 3.89 Å². The van der Waals surface area contributed by atoms with Gasteiger partial charge in [0, 0.05) is 23.1 Å². The van der Waals surface area contributed by atoms with Crippen molar-refractivity contribution in [2.24, 2.45) is 0 Å². The summed E-state index contributed by atoms with van der Waals surface area (Å²) in [5, 5.41) is 14.9. The van der Waals surface area contributed by atoms with E-state index in [1.54, 1.807) is 30.3 Å². The summed E-state index contributed by atoms with van der Waals surface area (Å²) in [7, 11) is -4.85. The molecule has 0 aliphatic carbocycles. The predicted octanol–water partition coefficient (Wildman–Crippen LogP) is 5.02. The van der Waals surface area contributed by atoms with Crippen molar-refractivity contribution in [3.05, 3.63) is 107 Å². The Kier molecular flexibility index (Phi) is 7.65. The fourth-order valence-electron chi connectivity index (χ4n) is 3.93. The molecular weight excluding hydrogens is 509 g/mol. The molecular formula is C28H24FN3O5S. The van der Waals surface area contributed by atoms with E-state index in [1.165, 1.54) is 18.3 Å². The molecule has 1 aromatic heterocycles. The third-order valence-electron chi connectivity index (χ3n) is 6.09. The molecule has 0 radical (unpaired) electrons. The first-order valence-electron chi connectivity index (χ1n) is 11.5. The van der Waals surface area contributed by atoms with E-state index >= 15 is 0 Å². The Morgan fingerprint density at radius 2 is 1.37 bits per heavy atom. The molecule has 8 nitrogen and oxygen atoms in total. The monoisotopic (exact) mass is 533 g/mol. The highest BCUT2D eigenvalue weighted by molar-refractivity contribution is 7.86. The Morgan fingerprint density at radius 1 is 0.816 bits per heavy atom. The lowest BCUT2D eigenvalue weighted by atomic mass is 9.94. The second-order valence-corrected chi connectivity index (χ2v) is 9.88. The van der Waals surface area contributed by atoms with Gasteiger partial charge in [-0.2, -0.15) is 8.42 Å². The van der Waals surface area contributed by atoms with Crippen LogP contribution in [0.25, 0.3) is 11.1 Å². The predicted molar refractivity (Wildman–Crippen MR) is 142 cm³/mol. The Labute approximate surface area is 219 Å². The van der Waals surface area contributed by atoms with Crippen LogP contribution in [0.5, 0.6) is 0 Å². The van der Waals surface area contributed by atoms with Crippen LogP contribution < -0.4 is 10.6 Å². The second-order valence-electron chi connectivity index (χ2n) is 8.54. The van der Waals surface area contributed by atoms with Crippen LogP contribution in [-0.2, 0) is 16.8 Å². The minimum Gasteiger partial charge on any atom is -0.392 e. The van der Waals surface area contributed by atoms with E-state index in [-0.39, 0.29) is 23.8 Å². The summed E-state index contributed by atoms with van der Waals surface area (Å²) in [6, 6.07) is 18.6. The van der Waals surface area contributed by atoms with Crippen molar-refractivity contribution in [1.82, 2.24) is 4.98 Å². The van der Waals surface area contributed by atoms with Gasteiger partial charge in [0.15, 0.2) is 0 Å². The minimum atomic E-state index is -4.85. The van der Waals surface area contributed by atoms with Gasteiger partial charge in [0.05, 0.1) is 11.5 Å². The number of benzene rings is 3. The molecule has 0 saturated heterocycles. The molecule has 1 heterocycles. The van der Waals surface area contributed by atoms with Crippen LogP contribution >= 0.6 is 0 Å². The standard InChI is InChI=1S/C28H24FN3O5S/c1-17-22(5-3-7-24(17)31-27(34)20-10-12-21(13-11-20)38(29,36)37)23-6-4-8-25(18(23)2)32-28(35)26-14-9-19(16-33)15-30-26/h3-15,33H,16H2,1-2H3,(H,31,34)(H,32,35). The number of carbonyl (C=O) groups is 2. The molecule has 10 heteroatoms. The number of nitrogens with zero attached hydrogens (tertiary/aromatic N) is 1. The van der Waals surface area contributed by atoms with Crippen LogP contribution in [0, 0.1) is 13.8 Å². The van der Waals surface area contributed by atoms with E-state index in [0.717, 1.165) is 34.4 Å². The second kappa shape index (κ2) is 10.9. The van der Waals surface area contributed by atoms with Gasteiger partial charge >= 0.3 is 10.2 Å². The van der Waals surface area contributed by atoms with Crippen LogP contribution in [0.1, 0.15) is 37.5 Å².